The van der Waals surface area contributed by atoms with Gasteiger partial charge in [0.2, 0.25) is 11.8 Å². The van der Waals surface area contributed by atoms with Gasteiger partial charge in [0.05, 0.1) is 19.4 Å². The van der Waals surface area contributed by atoms with Gasteiger partial charge in [-0.3, -0.25) is 0 Å². The van der Waals surface area contributed by atoms with E-state index in [1.807, 2.05) is 6.92 Å². The number of alkyl halides is 3. The fraction of sp³-hybridized carbons (Fsp3) is 0.370. The molecule has 0 radical (unpaired) electrons. The minimum atomic E-state index is -4.54. The molecule has 1 aliphatic carbocycles. The Morgan fingerprint density at radius 3 is 2.44 bits per heavy atom. The summed E-state index contributed by atoms with van der Waals surface area (Å²) >= 11 is 0. The molecule has 3 heterocycles. The summed E-state index contributed by atoms with van der Waals surface area (Å²) in [6.07, 6.45) is 1.72. The van der Waals surface area contributed by atoms with Crippen molar-refractivity contribution in [2.75, 3.05) is 20.8 Å². The highest BCUT2D eigenvalue weighted by molar-refractivity contribution is 5.66. The smallest absolute Gasteiger partial charge is 0.434 e. The molecular formula is C27H27F3N6O3. The van der Waals surface area contributed by atoms with Crippen LogP contribution in [0.4, 0.5) is 13.2 Å². The summed E-state index contributed by atoms with van der Waals surface area (Å²) < 4.78 is 57.8. The van der Waals surface area contributed by atoms with Crippen LogP contribution < -0.4 is 9.47 Å². The summed E-state index contributed by atoms with van der Waals surface area (Å²) in [4.78, 5) is 21.6. The van der Waals surface area contributed by atoms with Crippen LogP contribution in [0.25, 0.3) is 22.8 Å². The SMILES string of the molecule is COCCn1cc(C(F)(F)F)nc1-c1ccc(COc2nc(-c3c(OC)ncnc3C3CC3)ncc2C)cc1. The van der Waals surface area contributed by atoms with Gasteiger partial charge in [-0.1, -0.05) is 24.3 Å². The van der Waals surface area contributed by atoms with Crippen LogP contribution in [0.5, 0.6) is 11.8 Å². The summed E-state index contributed by atoms with van der Waals surface area (Å²) in [5, 5.41) is 0. The number of hydrogen-bond acceptors (Lipinski definition) is 8. The topological polar surface area (TPSA) is 97.1 Å². The Morgan fingerprint density at radius 1 is 1.00 bits per heavy atom. The molecule has 4 aromatic rings. The minimum absolute atomic E-state index is 0.196. The molecule has 3 aromatic heterocycles. The van der Waals surface area contributed by atoms with Gasteiger partial charge in [-0.15, -0.1) is 0 Å². The van der Waals surface area contributed by atoms with Crippen molar-refractivity contribution in [2.24, 2.45) is 0 Å². The third-order valence-electron chi connectivity index (χ3n) is 6.34. The van der Waals surface area contributed by atoms with E-state index in [1.165, 1.54) is 18.0 Å². The van der Waals surface area contributed by atoms with Gasteiger partial charge in [-0.05, 0) is 25.3 Å². The van der Waals surface area contributed by atoms with Gasteiger partial charge in [-0.2, -0.15) is 18.2 Å². The largest absolute Gasteiger partial charge is 0.480 e. The predicted octanol–water partition coefficient (Wildman–Crippen LogP) is 5.24. The zero-order valence-corrected chi connectivity index (χ0v) is 21.7. The summed E-state index contributed by atoms with van der Waals surface area (Å²) in [5.74, 6) is 1.79. The zero-order chi connectivity index (χ0) is 27.6. The Balaban J connectivity index is 1.35. The van der Waals surface area contributed by atoms with Crippen LogP contribution in [0.2, 0.25) is 0 Å². The molecule has 12 heteroatoms. The van der Waals surface area contributed by atoms with E-state index in [-0.39, 0.29) is 25.6 Å². The maximum atomic E-state index is 13.3. The normalized spacial score (nSPS) is 13.5. The summed E-state index contributed by atoms with van der Waals surface area (Å²) in [6.45, 7) is 2.55. The number of methoxy groups -OCH3 is 2. The van der Waals surface area contributed by atoms with Crippen LogP contribution in [0.3, 0.4) is 0 Å². The maximum absolute atomic E-state index is 13.3. The summed E-state index contributed by atoms with van der Waals surface area (Å²) in [6, 6.07) is 7.01. The molecule has 0 N–H and O–H groups in total. The number of halogens is 3. The Bertz CT molecular complexity index is 1450. The predicted molar refractivity (Wildman–Crippen MR) is 135 cm³/mol. The van der Waals surface area contributed by atoms with Crippen molar-refractivity contribution in [1.29, 1.82) is 0 Å². The Hall–Kier alpha value is -4.06. The van der Waals surface area contributed by atoms with E-state index < -0.39 is 11.9 Å². The number of imidazole rings is 1. The number of hydrogen-bond donors (Lipinski definition) is 0. The van der Waals surface area contributed by atoms with Crippen LogP contribution in [0, 0.1) is 6.92 Å². The van der Waals surface area contributed by atoms with Gasteiger partial charge in [0.15, 0.2) is 11.5 Å². The van der Waals surface area contributed by atoms with Gasteiger partial charge in [0.25, 0.3) is 0 Å². The number of aryl methyl sites for hydroxylation is 1. The highest BCUT2D eigenvalue weighted by atomic mass is 19.4. The third kappa shape index (κ3) is 5.85. The molecule has 0 saturated heterocycles. The van der Waals surface area contributed by atoms with Gasteiger partial charge >= 0.3 is 6.18 Å². The Labute approximate surface area is 223 Å². The molecule has 1 fully saturated rings. The molecule has 5 rings (SSSR count). The quantitative estimate of drug-likeness (QED) is 0.270. The molecule has 0 amide bonds. The lowest BCUT2D eigenvalue weighted by Gasteiger charge is -2.13. The molecule has 0 unspecified atom stereocenters. The average Bonchev–Trinajstić information content (AvgIpc) is 3.69. The molecule has 204 valence electrons. The van der Waals surface area contributed by atoms with Crippen LogP contribution in [-0.4, -0.2) is 50.3 Å². The molecule has 1 aromatic carbocycles. The van der Waals surface area contributed by atoms with Crippen molar-refractivity contribution < 1.29 is 27.4 Å². The highest BCUT2D eigenvalue weighted by Gasteiger charge is 2.35. The van der Waals surface area contributed by atoms with Crippen molar-refractivity contribution in [3.8, 4) is 34.5 Å². The molecule has 1 aliphatic rings. The summed E-state index contributed by atoms with van der Waals surface area (Å²) in [5.41, 5.74) is 2.70. The second-order valence-corrected chi connectivity index (χ2v) is 9.22. The molecule has 0 atom stereocenters. The van der Waals surface area contributed by atoms with Crippen molar-refractivity contribution in [2.45, 2.75) is 45.0 Å². The minimum Gasteiger partial charge on any atom is -0.480 e. The monoisotopic (exact) mass is 540 g/mol. The second-order valence-electron chi connectivity index (χ2n) is 9.22. The Kier molecular flexibility index (Phi) is 7.47. The lowest BCUT2D eigenvalue weighted by molar-refractivity contribution is -0.140. The first-order valence-corrected chi connectivity index (χ1v) is 12.4. The first kappa shape index (κ1) is 26.5. The van der Waals surface area contributed by atoms with E-state index in [4.69, 9.17) is 14.2 Å². The second kappa shape index (κ2) is 11.0. The van der Waals surface area contributed by atoms with Crippen LogP contribution in [0.1, 0.15) is 41.3 Å². The first-order valence-electron chi connectivity index (χ1n) is 12.4. The van der Waals surface area contributed by atoms with E-state index in [0.717, 1.165) is 35.9 Å². The van der Waals surface area contributed by atoms with E-state index >= 15 is 0 Å². The lowest BCUT2D eigenvalue weighted by atomic mass is 10.1. The van der Waals surface area contributed by atoms with E-state index in [1.54, 1.807) is 37.6 Å². The number of rotatable bonds is 10. The van der Waals surface area contributed by atoms with Crippen molar-refractivity contribution in [3.05, 3.63) is 65.5 Å². The maximum Gasteiger partial charge on any atom is 0.434 e. The fourth-order valence-corrected chi connectivity index (χ4v) is 4.15. The molecule has 39 heavy (non-hydrogen) atoms. The fourth-order valence-electron chi connectivity index (χ4n) is 4.15. The molecule has 0 spiro atoms. The molecule has 1 saturated carbocycles. The highest BCUT2D eigenvalue weighted by Crippen LogP contribution is 2.45. The van der Waals surface area contributed by atoms with Gasteiger partial charge in [0, 0.05) is 43.1 Å². The van der Waals surface area contributed by atoms with Gasteiger partial charge < -0.3 is 18.8 Å². The van der Waals surface area contributed by atoms with E-state index in [9.17, 15) is 13.2 Å². The van der Waals surface area contributed by atoms with Gasteiger partial charge in [-0.25, -0.2) is 19.9 Å². The molecule has 0 aliphatic heterocycles. The number of nitrogens with zero attached hydrogens (tertiary/aromatic N) is 6. The molecule has 0 bridgehead atoms. The Morgan fingerprint density at radius 2 is 1.77 bits per heavy atom. The number of benzene rings is 1. The zero-order valence-electron chi connectivity index (χ0n) is 21.7. The average molecular weight is 541 g/mol. The molecule has 9 nitrogen and oxygen atoms in total. The number of aromatic nitrogens is 6. The van der Waals surface area contributed by atoms with Crippen LogP contribution in [-0.2, 0) is 24.1 Å². The summed E-state index contributed by atoms with van der Waals surface area (Å²) in [7, 11) is 3.04. The van der Waals surface area contributed by atoms with Gasteiger partial charge in [0.1, 0.15) is 24.3 Å². The van der Waals surface area contributed by atoms with Crippen LogP contribution in [0.15, 0.2) is 43.0 Å². The first-order chi connectivity index (χ1) is 18.8. The van der Waals surface area contributed by atoms with Crippen molar-refractivity contribution >= 4 is 0 Å². The molecular weight excluding hydrogens is 513 g/mol. The third-order valence-corrected chi connectivity index (χ3v) is 6.34. The number of ether oxygens (including phenoxy) is 3. The van der Waals surface area contributed by atoms with Crippen molar-refractivity contribution in [1.82, 2.24) is 29.5 Å². The van der Waals surface area contributed by atoms with Crippen molar-refractivity contribution in [3.63, 3.8) is 0 Å². The van der Waals surface area contributed by atoms with Crippen LogP contribution >= 0.6 is 0 Å². The standard InChI is InChI=1S/C27H27F3N6O3/c1-16-12-31-23(21-22(18-8-9-18)32-15-33-26(21)38-3)35-25(16)39-14-17-4-6-19(7-5-17)24-34-20(27(28,29)30)13-36(24)10-11-37-2/h4-7,12-13,15,18H,8-11,14H2,1-3H3. The lowest BCUT2D eigenvalue weighted by Crippen LogP contribution is -2.06. The van der Waals surface area contributed by atoms with E-state index in [2.05, 4.69) is 24.9 Å². The van der Waals surface area contributed by atoms with E-state index in [0.29, 0.717) is 34.6 Å².